The minimum Gasteiger partial charge on any atom is -0.497 e. The van der Waals surface area contributed by atoms with Crippen molar-refractivity contribution < 1.29 is 37.7 Å². The molecule has 2 amide bonds. The number of piperidine rings is 2. The van der Waals surface area contributed by atoms with Gasteiger partial charge < -0.3 is 30.3 Å². The van der Waals surface area contributed by atoms with Crippen molar-refractivity contribution in [3.05, 3.63) is 29.8 Å². The SMILES string of the molecule is COc1ccc(COC2CCN(S(=O)(=O)C3CCN(C(N)=O)CC3(O)C(=O)O)CC2)cc1. The number of urea groups is 1. The monoisotopic (exact) mass is 471 g/mol. The number of rotatable bonds is 7. The van der Waals surface area contributed by atoms with Crippen LogP contribution in [0.3, 0.4) is 0 Å². The molecule has 2 atom stereocenters. The third-order valence-electron chi connectivity index (χ3n) is 6.07. The van der Waals surface area contributed by atoms with Gasteiger partial charge in [-0.3, -0.25) is 0 Å². The van der Waals surface area contributed by atoms with Crippen molar-refractivity contribution >= 4 is 22.0 Å². The summed E-state index contributed by atoms with van der Waals surface area (Å²) in [7, 11) is -2.54. The van der Waals surface area contributed by atoms with Crippen molar-refractivity contribution in [2.75, 3.05) is 33.3 Å². The van der Waals surface area contributed by atoms with E-state index in [9.17, 15) is 28.2 Å². The first kappa shape index (κ1) is 24.2. The van der Waals surface area contributed by atoms with Crippen molar-refractivity contribution in [2.24, 2.45) is 5.73 Å². The molecule has 3 rings (SSSR count). The zero-order chi connectivity index (χ0) is 23.5. The predicted octanol–water partition coefficient (Wildman–Crippen LogP) is -0.0253. The normalized spacial score (nSPS) is 25.4. The Balaban J connectivity index is 1.60. The fourth-order valence-corrected chi connectivity index (χ4v) is 6.29. The molecule has 12 heteroatoms. The van der Waals surface area contributed by atoms with Crippen molar-refractivity contribution in [1.82, 2.24) is 9.21 Å². The van der Waals surface area contributed by atoms with Crippen LogP contribution < -0.4 is 10.5 Å². The topological polar surface area (TPSA) is 160 Å². The Kier molecular flexibility index (Phi) is 7.28. The fourth-order valence-electron chi connectivity index (χ4n) is 4.14. The summed E-state index contributed by atoms with van der Waals surface area (Å²) in [5, 5.41) is 18.7. The molecule has 0 saturated carbocycles. The Bertz CT molecular complexity index is 931. The lowest BCUT2D eigenvalue weighted by molar-refractivity contribution is -0.162. The summed E-state index contributed by atoms with van der Waals surface area (Å²) in [6, 6.07) is 6.55. The molecule has 32 heavy (non-hydrogen) atoms. The molecule has 2 heterocycles. The van der Waals surface area contributed by atoms with Crippen LogP contribution in [0.1, 0.15) is 24.8 Å². The molecule has 2 aliphatic rings. The van der Waals surface area contributed by atoms with Gasteiger partial charge in [-0.2, -0.15) is 0 Å². The van der Waals surface area contributed by atoms with Crippen molar-refractivity contribution in [2.45, 2.75) is 42.8 Å². The quantitative estimate of drug-likeness (QED) is 0.500. The van der Waals surface area contributed by atoms with Gasteiger partial charge in [0.05, 0.1) is 26.4 Å². The Hall–Kier alpha value is -2.41. The highest BCUT2D eigenvalue weighted by molar-refractivity contribution is 7.89. The molecule has 1 aromatic rings. The van der Waals surface area contributed by atoms with Gasteiger partial charge in [0.25, 0.3) is 0 Å². The second-order valence-electron chi connectivity index (χ2n) is 8.07. The van der Waals surface area contributed by atoms with Gasteiger partial charge in [-0.15, -0.1) is 0 Å². The van der Waals surface area contributed by atoms with Gasteiger partial charge in [0, 0.05) is 19.6 Å². The molecule has 11 nitrogen and oxygen atoms in total. The molecule has 2 saturated heterocycles. The first-order valence-electron chi connectivity index (χ1n) is 10.3. The second kappa shape index (κ2) is 9.61. The molecule has 0 spiro atoms. The van der Waals surface area contributed by atoms with E-state index in [4.69, 9.17) is 15.2 Å². The van der Waals surface area contributed by atoms with E-state index in [1.807, 2.05) is 24.3 Å². The molecule has 0 radical (unpaired) electrons. The minimum absolute atomic E-state index is 0.0454. The third-order valence-corrected chi connectivity index (χ3v) is 8.50. The lowest BCUT2D eigenvalue weighted by Crippen LogP contribution is -2.67. The highest BCUT2D eigenvalue weighted by Crippen LogP contribution is 2.32. The van der Waals surface area contributed by atoms with Gasteiger partial charge in [-0.1, -0.05) is 12.1 Å². The zero-order valence-corrected chi connectivity index (χ0v) is 18.7. The van der Waals surface area contributed by atoms with Crippen LogP contribution in [0.4, 0.5) is 4.79 Å². The molecule has 1 aromatic carbocycles. The molecule has 0 aromatic heterocycles. The number of primary amides is 1. The first-order valence-corrected chi connectivity index (χ1v) is 11.8. The summed E-state index contributed by atoms with van der Waals surface area (Å²) in [4.78, 5) is 24.1. The number of amides is 2. The lowest BCUT2D eigenvalue weighted by atomic mass is 9.92. The molecule has 2 fully saturated rings. The van der Waals surface area contributed by atoms with Gasteiger partial charge in [-0.05, 0) is 37.0 Å². The summed E-state index contributed by atoms with van der Waals surface area (Å²) in [5.74, 6) is -0.954. The standard InChI is InChI=1S/C20H29N3O8S/c1-30-15-4-2-14(3-5-15)12-31-16-6-10-23(11-7-16)32(28,29)17-8-9-22(19(21)26)13-20(17,27)18(24)25/h2-5,16-17,27H,6-13H2,1H3,(H2,21,26)(H,24,25). The maximum atomic E-state index is 13.2. The number of likely N-dealkylation sites (tertiary alicyclic amines) is 1. The number of carboxylic acids is 1. The van der Waals surface area contributed by atoms with Crippen molar-refractivity contribution in [3.8, 4) is 5.75 Å². The number of nitrogens with zero attached hydrogens (tertiary/aromatic N) is 2. The van der Waals surface area contributed by atoms with E-state index in [2.05, 4.69) is 0 Å². The average molecular weight is 472 g/mol. The number of ether oxygens (including phenoxy) is 2. The second-order valence-corrected chi connectivity index (χ2v) is 10.2. The molecular weight excluding hydrogens is 442 g/mol. The summed E-state index contributed by atoms with van der Waals surface area (Å²) >= 11 is 0. The molecule has 4 N–H and O–H groups in total. The number of aliphatic carboxylic acids is 1. The van der Waals surface area contributed by atoms with Crippen molar-refractivity contribution in [3.63, 3.8) is 0 Å². The first-order chi connectivity index (χ1) is 15.1. The number of sulfonamides is 1. The number of aliphatic hydroxyl groups is 1. The highest BCUT2D eigenvalue weighted by atomic mass is 32.2. The van der Waals surface area contributed by atoms with Gasteiger partial charge in [-0.25, -0.2) is 22.3 Å². The van der Waals surface area contributed by atoms with E-state index in [-0.39, 0.29) is 32.2 Å². The number of carbonyl (C=O) groups is 2. The van der Waals surface area contributed by atoms with Gasteiger partial charge in [0.1, 0.15) is 11.0 Å². The number of β-amino-alcohol motifs (C(OH)–C–C–N with tert-alkyl or cyclic N) is 1. The number of methoxy groups -OCH3 is 1. The van der Waals surface area contributed by atoms with Crippen LogP contribution >= 0.6 is 0 Å². The molecular formula is C20H29N3O8S. The van der Waals surface area contributed by atoms with E-state index in [0.717, 1.165) is 16.2 Å². The molecule has 2 aliphatic heterocycles. The van der Waals surface area contributed by atoms with Crippen LogP contribution in [0.2, 0.25) is 0 Å². The van der Waals surface area contributed by atoms with E-state index in [1.165, 1.54) is 4.31 Å². The average Bonchev–Trinajstić information content (AvgIpc) is 2.78. The molecule has 178 valence electrons. The largest absolute Gasteiger partial charge is 0.497 e. The summed E-state index contributed by atoms with van der Waals surface area (Å²) in [6.07, 6.45) is 0.530. The van der Waals surface area contributed by atoms with E-state index in [0.29, 0.717) is 19.4 Å². The number of hydrogen-bond acceptors (Lipinski definition) is 7. The van der Waals surface area contributed by atoms with Crippen LogP contribution in [0.25, 0.3) is 0 Å². The van der Waals surface area contributed by atoms with Gasteiger partial charge in [0.2, 0.25) is 10.0 Å². The number of nitrogens with two attached hydrogens (primary N) is 1. The summed E-state index contributed by atoms with van der Waals surface area (Å²) in [5.41, 5.74) is 3.52. The van der Waals surface area contributed by atoms with E-state index < -0.39 is 39.4 Å². The van der Waals surface area contributed by atoms with E-state index >= 15 is 0 Å². The van der Waals surface area contributed by atoms with Crippen LogP contribution in [0, 0.1) is 0 Å². The predicted molar refractivity (Wildman–Crippen MR) is 113 cm³/mol. The molecule has 0 aliphatic carbocycles. The molecule has 2 unspecified atom stereocenters. The number of carbonyl (C=O) groups excluding carboxylic acids is 1. The van der Waals surface area contributed by atoms with Crippen LogP contribution in [-0.4, -0.2) is 90.1 Å². The smallest absolute Gasteiger partial charge is 0.339 e. The maximum Gasteiger partial charge on any atom is 0.339 e. The number of benzene rings is 1. The van der Waals surface area contributed by atoms with Crippen LogP contribution in [0.15, 0.2) is 24.3 Å². The van der Waals surface area contributed by atoms with Crippen molar-refractivity contribution in [1.29, 1.82) is 0 Å². The fraction of sp³-hybridized carbons (Fsp3) is 0.600. The maximum absolute atomic E-state index is 13.2. The van der Waals surface area contributed by atoms with Crippen LogP contribution in [-0.2, 0) is 26.2 Å². The summed E-state index contributed by atoms with van der Waals surface area (Å²) < 4.78 is 38.6. The highest BCUT2D eigenvalue weighted by Gasteiger charge is 2.56. The number of carboxylic acid groups (broad SMARTS) is 1. The Morgan fingerprint density at radius 3 is 2.31 bits per heavy atom. The van der Waals surface area contributed by atoms with Gasteiger partial charge >= 0.3 is 12.0 Å². The number of hydrogen-bond donors (Lipinski definition) is 3. The summed E-state index contributed by atoms with van der Waals surface area (Å²) in [6.45, 7) is -0.0340. The Labute approximate surface area is 186 Å². The minimum atomic E-state index is -4.13. The molecule has 0 bridgehead atoms. The Morgan fingerprint density at radius 2 is 1.78 bits per heavy atom. The van der Waals surface area contributed by atoms with E-state index in [1.54, 1.807) is 7.11 Å². The lowest BCUT2D eigenvalue weighted by Gasteiger charge is -2.43. The Morgan fingerprint density at radius 1 is 1.16 bits per heavy atom. The zero-order valence-electron chi connectivity index (χ0n) is 17.8. The van der Waals surface area contributed by atoms with Crippen LogP contribution in [0.5, 0.6) is 5.75 Å². The van der Waals surface area contributed by atoms with Gasteiger partial charge in [0.15, 0.2) is 5.60 Å². The third kappa shape index (κ3) is 4.98.